The average molecular weight is 274 g/mol. The van der Waals surface area contributed by atoms with Crippen LogP contribution in [0.3, 0.4) is 0 Å². The summed E-state index contributed by atoms with van der Waals surface area (Å²) in [6, 6.07) is 9.13. The SMILES string of the molecule is O=C1CCCCC(OC(=O)c2ccccc2)CCCC1. The zero-order chi connectivity index (χ0) is 14.2. The van der Waals surface area contributed by atoms with Crippen molar-refractivity contribution in [3.63, 3.8) is 0 Å². The summed E-state index contributed by atoms with van der Waals surface area (Å²) in [5.41, 5.74) is 0.611. The highest BCUT2D eigenvalue weighted by Crippen LogP contribution is 2.19. The summed E-state index contributed by atoms with van der Waals surface area (Å²) >= 11 is 0. The summed E-state index contributed by atoms with van der Waals surface area (Å²) in [7, 11) is 0. The molecule has 1 aromatic rings. The molecule has 0 aliphatic heterocycles. The molecule has 0 bridgehead atoms. The summed E-state index contributed by atoms with van der Waals surface area (Å²) in [4.78, 5) is 23.5. The van der Waals surface area contributed by atoms with Gasteiger partial charge in [0.2, 0.25) is 0 Å². The molecule has 0 spiro atoms. The molecule has 108 valence electrons. The lowest BCUT2D eigenvalue weighted by Crippen LogP contribution is -2.19. The van der Waals surface area contributed by atoms with Crippen LogP contribution >= 0.6 is 0 Å². The molecule has 0 N–H and O–H groups in total. The highest BCUT2D eigenvalue weighted by atomic mass is 16.5. The summed E-state index contributed by atoms with van der Waals surface area (Å²) in [5.74, 6) is 0.147. The van der Waals surface area contributed by atoms with Crippen molar-refractivity contribution in [1.29, 1.82) is 0 Å². The first-order valence-corrected chi connectivity index (χ1v) is 7.53. The number of hydrogen-bond acceptors (Lipinski definition) is 3. The van der Waals surface area contributed by atoms with Gasteiger partial charge in [-0.15, -0.1) is 0 Å². The molecule has 2 rings (SSSR count). The van der Waals surface area contributed by atoms with Crippen molar-refractivity contribution in [3.05, 3.63) is 35.9 Å². The van der Waals surface area contributed by atoms with Crippen LogP contribution in [0.1, 0.15) is 61.7 Å². The third kappa shape index (κ3) is 4.80. The van der Waals surface area contributed by atoms with Crippen LogP contribution in [-0.4, -0.2) is 17.9 Å². The Labute approximate surface area is 120 Å². The number of ether oxygens (including phenoxy) is 1. The molecule has 0 saturated heterocycles. The van der Waals surface area contributed by atoms with Crippen molar-refractivity contribution >= 4 is 11.8 Å². The van der Waals surface area contributed by atoms with E-state index in [1.54, 1.807) is 12.1 Å². The molecule has 0 amide bonds. The van der Waals surface area contributed by atoms with E-state index >= 15 is 0 Å². The number of carbonyl (C=O) groups is 2. The second kappa shape index (κ2) is 7.83. The van der Waals surface area contributed by atoms with Crippen molar-refractivity contribution in [2.75, 3.05) is 0 Å². The van der Waals surface area contributed by atoms with Gasteiger partial charge in [-0.05, 0) is 50.7 Å². The van der Waals surface area contributed by atoms with E-state index in [1.807, 2.05) is 18.2 Å². The van der Waals surface area contributed by atoms with Gasteiger partial charge in [0, 0.05) is 12.8 Å². The minimum atomic E-state index is -0.233. The predicted molar refractivity (Wildman–Crippen MR) is 77.6 cm³/mol. The van der Waals surface area contributed by atoms with Crippen LogP contribution in [0.15, 0.2) is 30.3 Å². The summed E-state index contributed by atoms with van der Waals surface area (Å²) in [5, 5.41) is 0. The number of hydrogen-bond donors (Lipinski definition) is 0. The van der Waals surface area contributed by atoms with Gasteiger partial charge in [0.25, 0.3) is 0 Å². The molecule has 0 unspecified atom stereocenters. The second-order valence-corrected chi connectivity index (χ2v) is 5.42. The molecule has 0 heterocycles. The van der Waals surface area contributed by atoms with Crippen LogP contribution in [0.4, 0.5) is 0 Å². The Morgan fingerprint density at radius 1 is 0.950 bits per heavy atom. The fourth-order valence-corrected chi connectivity index (χ4v) is 2.57. The van der Waals surface area contributed by atoms with Crippen LogP contribution in [-0.2, 0) is 9.53 Å². The van der Waals surface area contributed by atoms with Crippen molar-refractivity contribution in [2.45, 2.75) is 57.5 Å². The Morgan fingerprint density at radius 2 is 1.55 bits per heavy atom. The van der Waals surface area contributed by atoms with Crippen molar-refractivity contribution in [3.8, 4) is 0 Å². The highest BCUT2D eigenvalue weighted by Gasteiger charge is 2.17. The molecule has 1 aliphatic rings. The van der Waals surface area contributed by atoms with Gasteiger partial charge in [-0.1, -0.05) is 18.2 Å². The zero-order valence-corrected chi connectivity index (χ0v) is 11.8. The van der Waals surface area contributed by atoms with Gasteiger partial charge in [0.1, 0.15) is 11.9 Å². The number of Topliss-reactive ketones (excluding diaryl/α,β-unsaturated/α-hetero) is 1. The van der Waals surface area contributed by atoms with Crippen LogP contribution in [0, 0.1) is 0 Å². The monoisotopic (exact) mass is 274 g/mol. The molecule has 20 heavy (non-hydrogen) atoms. The van der Waals surface area contributed by atoms with Gasteiger partial charge in [-0.2, -0.15) is 0 Å². The number of ketones is 1. The normalized spacial score (nSPS) is 18.5. The maximum atomic E-state index is 12.0. The van der Waals surface area contributed by atoms with E-state index < -0.39 is 0 Å². The maximum absolute atomic E-state index is 12.0. The molecule has 1 saturated carbocycles. The van der Waals surface area contributed by atoms with Gasteiger partial charge in [-0.25, -0.2) is 4.79 Å². The van der Waals surface area contributed by atoms with E-state index in [2.05, 4.69) is 0 Å². The van der Waals surface area contributed by atoms with Gasteiger partial charge < -0.3 is 4.74 Å². The lowest BCUT2D eigenvalue weighted by molar-refractivity contribution is -0.119. The minimum absolute atomic E-state index is 0.00379. The molecule has 1 fully saturated rings. The quantitative estimate of drug-likeness (QED) is 0.768. The summed E-state index contributed by atoms with van der Waals surface area (Å²) < 4.78 is 5.61. The van der Waals surface area contributed by atoms with Crippen LogP contribution < -0.4 is 0 Å². The Bertz CT molecular complexity index is 425. The number of esters is 1. The third-order valence-electron chi connectivity index (χ3n) is 3.75. The standard InChI is InChI=1S/C17H22O3/c18-15-10-4-6-12-16(13-7-5-11-15)20-17(19)14-8-2-1-3-9-14/h1-3,8-9,16H,4-7,10-13H2. The first kappa shape index (κ1) is 14.8. The van der Waals surface area contributed by atoms with Gasteiger partial charge in [-0.3, -0.25) is 4.79 Å². The second-order valence-electron chi connectivity index (χ2n) is 5.42. The molecule has 0 radical (unpaired) electrons. The summed E-state index contributed by atoms with van der Waals surface area (Å²) in [6.45, 7) is 0. The largest absolute Gasteiger partial charge is 0.459 e. The molecular formula is C17H22O3. The molecule has 0 atom stereocenters. The molecule has 3 heteroatoms. The number of rotatable bonds is 2. The Kier molecular flexibility index (Phi) is 5.78. The van der Waals surface area contributed by atoms with E-state index in [4.69, 9.17) is 4.74 Å². The van der Waals surface area contributed by atoms with E-state index in [1.165, 1.54) is 0 Å². The predicted octanol–water partition coefficient (Wildman–Crippen LogP) is 3.92. The minimum Gasteiger partial charge on any atom is -0.459 e. The number of carbonyl (C=O) groups excluding carboxylic acids is 2. The Hall–Kier alpha value is -1.64. The Balaban J connectivity index is 1.87. The molecule has 1 aliphatic carbocycles. The van der Waals surface area contributed by atoms with E-state index in [0.29, 0.717) is 24.2 Å². The van der Waals surface area contributed by atoms with Crippen molar-refractivity contribution in [2.24, 2.45) is 0 Å². The first-order chi connectivity index (χ1) is 9.75. The van der Waals surface area contributed by atoms with Crippen LogP contribution in [0.2, 0.25) is 0 Å². The zero-order valence-electron chi connectivity index (χ0n) is 11.8. The van der Waals surface area contributed by atoms with Crippen molar-refractivity contribution < 1.29 is 14.3 Å². The van der Waals surface area contributed by atoms with Gasteiger partial charge in [0.05, 0.1) is 5.56 Å². The lowest BCUT2D eigenvalue weighted by atomic mass is 9.98. The van der Waals surface area contributed by atoms with Gasteiger partial charge in [0.15, 0.2) is 0 Å². The molecule has 0 aromatic heterocycles. The smallest absolute Gasteiger partial charge is 0.338 e. The van der Waals surface area contributed by atoms with Gasteiger partial charge >= 0.3 is 5.97 Å². The fourth-order valence-electron chi connectivity index (χ4n) is 2.57. The molecular weight excluding hydrogens is 252 g/mol. The van der Waals surface area contributed by atoms with Crippen LogP contribution in [0.5, 0.6) is 0 Å². The van der Waals surface area contributed by atoms with E-state index in [-0.39, 0.29) is 12.1 Å². The van der Waals surface area contributed by atoms with E-state index in [0.717, 1.165) is 38.5 Å². The first-order valence-electron chi connectivity index (χ1n) is 7.53. The fraction of sp³-hybridized carbons (Fsp3) is 0.529. The van der Waals surface area contributed by atoms with Crippen LogP contribution in [0.25, 0.3) is 0 Å². The molecule has 3 nitrogen and oxygen atoms in total. The molecule has 1 aromatic carbocycles. The summed E-state index contributed by atoms with van der Waals surface area (Å²) in [6.07, 6.45) is 6.83. The third-order valence-corrected chi connectivity index (χ3v) is 3.75. The lowest BCUT2D eigenvalue weighted by Gasteiger charge is -2.19. The average Bonchev–Trinajstić information content (AvgIpc) is 2.48. The van der Waals surface area contributed by atoms with E-state index in [9.17, 15) is 9.59 Å². The number of benzene rings is 1. The van der Waals surface area contributed by atoms with Crippen molar-refractivity contribution in [1.82, 2.24) is 0 Å². The highest BCUT2D eigenvalue weighted by molar-refractivity contribution is 5.89. The topological polar surface area (TPSA) is 43.4 Å². The maximum Gasteiger partial charge on any atom is 0.338 e. The Morgan fingerprint density at radius 3 is 2.15 bits per heavy atom.